The lowest BCUT2D eigenvalue weighted by Crippen LogP contribution is -2.31. The van der Waals surface area contributed by atoms with Gasteiger partial charge in [-0.25, -0.2) is 4.98 Å². The molecule has 1 fully saturated rings. The summed E-state index contributed by atoms with van der Waals surface area (Å²) in [5, 5.41) is 3.21. The van der Waals surface area contributed by atoms with Crippen molar-refractivity contribution < 1.29 is 0 Å². The smallest absolute Gasteiger partial charge is 0.267 e. The van der Waals surface area contributed by atoms with Gasteiger partial charge in [0.25, 0.3) is 5.56 Å². The van der Waals surface area contributed by atoms with Crippen LogP contribution in [0.2, 0.25) is 0 Å². The number of aromatic amines is 1. The fraction of sp³-hybridized carbons (Fsp3) is 0.636. The van der Waals surface area contributed by atoms with Crippen molar-refractivity contribution in [1.82, 2.24) is 9.97 Å². The van der Waals surface area contributed by atoms with E-state index in [1.54, 1.807) is 0 Å². The molecule has 2 unspecified atom stereocenters. The molecule has 1 aromatic rings. The van der Waals surface area contributed by atoms with Crippen molar-refractivity contribution in [2.75, 3.05) is 11.9 Å². The quantitative estimate of drug-likeness (QED) is 0.789. The zero-order chi connectivity index (χ0) is 12.3. The Kier molecular flexibility index (Phi) is 4.17. The van der Waals surface area contributed by atoms with Gasteiger partial charge < -0.3 is 16.0 Å². The summed E-state index contributed by atoms with van der Waals surface area (Å²) in [7, 11) is 0. The molecule has 4 N–H and O–H groups in total. The molecule has 2 rings (SSSR count). The second-order valence-corrected chi connectivity index (χ2v) is 5.36. The van der Waals surface area contributed by atoms with Crippen LogP contribution in [0, 0.1) is 5.92 Å². The Labute approximate surface area is 108 Å². The lowest BCUT2D eigenvalue weighted by molar-refractivity contribution is 0.334. The molecule has 1 aromatic heterocycles. The van der Waals surface area contributed by atoms with Gasteiger partial charge in [0.2, 0.25) is 0 Å². The highest BCUT2D eigenvalue weighted by atomic mass is 79.9. The van der Waals surface area contributed by atoms with Gasteiger partial charge in [-0.2, -0.15) is 0 Å². The third-order valence-corrected chi connectivity index (χ3v) is 3.91. The van der Waals surface area contributed by atoms with Crippen LogP contribution in [-0.4, -0.2) is 22.6 Å². The first-order chi connectivity index (χ1) is 8.16. The Morgan fingerprint density at radius 3 is 3.18 bits per heavy atom. The first kappa shape index (κ1) is 12.6. The molecule has 0 bridgehead atoms. The number of hydrogen-bond donors (Lipinski definition) is 3. The maximum Gasteiger partial charge on any atom is 0.267 e. The third-order valence-electron chi connectivity index (χ3n) is 3.18. The average molecular weight is 301 g/mol. The molecule has 1 aliphatic carbocycles. The van der Waals surface area contributed by atoms with E-state index in [-0.39, 0.29) is 5.56 Å². The molecule has 94 valence electrons. The monoisotopic (exact) mass is 300 g/mol. The summed E-state index contributed by atoms with van der Waals surface area (Å²) in [5.74, 6) is 1.18. The molecule has 0 spiro atoms. The normalized spacial score (nSPS) is 24.6. The number of aromatic nitrogens is 2. The van der Waals surface area contributed by atoms with Gasteiger partial charge in [-0.15, -0.1) is 0 Å². The van der Waals surface area contributed by atoms with Gasteiger partial charge >= 0.3 is 0 Å². The number of H-pyrrole nitrogens is 1. The summed E-state index contributed by atoms with van der Waals surface area (Å²) in [6, 6.07) is 0.325. The minimum atomic E-state index is -0.164. The van der Waals surface area contributed by atoms with Crippen LogP contribution in [0.4, 0.5) is 5.82 Å². The van der Waals surface area contributed by atoms with Gasteiger partial charge in [-0.3, -0.25) is 4.79 Å². The lowest BCUT2D eigenvalue weighted by Gasteiger charge is -2.26. The predicted molar refractivity (Wildman–Crippen MR) is 71.0 cm³/mol. The van der Waals surface area contributed by atoms with Gasteiger partial charge in [0.15, 0.2) is 0 Å². The molecule has 0 saturated heterocycles. The van der Waals surface area contributed by atoms with Crippen molar-refractivity contribution in [1.29, 1.82) is 0 Å². The number of halogens is 1. The Balaban J connectivity index is 1.93. The summed E-state index contributed by atoms with van der Waals surface area (Å²) in [6.07, 6.45) is 5.97. The highest BCUT2D eigenvalue weighted by Crippen LogP contribution is 2.24. The fourth-order valence-electron chi connectivity index (χ4n) is 2.27. The number of nitrogens with one attached hydrogen (secondary N) is 2. The Morgan fingerprint density at radius 1 is 1.59 bits per heavy atom. The first-order valence-electron chi connectivity index (χ1n) is 5.89. The summed E-state index contributed by atoms with van der Waals surface area (Å²) in [6.45, 7) is 0.822. The Hall–Kier alpha value is -0.880. The zero-order valence-corrected chi connectivity index (χ0v) is 11.2. The minimum Gasteiger partial charge on any atom is -0.369 e. The van der Waals surface area contributed by atoms with Crippen LogP contribution in [0.25, 0.3) is 0 Å². The van der Waals surface area contributed by atoms with E-state index in [9.17, 15) is 4.79 Å². The van der Waals surface area contributed by atoms with Crippen LogP contribution in [0.15, 0.2) is 15.6 Å². The van der Waals surface area contributed by atoms with E-state index < -0.39 is 0 Å². The van der Waals surface area contributed by atoms with Gasteiger partial charge in [0.05, 0.1) is 6.33 Å². The van der Waals surface area contributed by atoms with E-state index in [2.05, 4.69) is 31.2 Å². The van der Waals surface area contributed by atoms with Crippen LogP contribution in [-0.2, 0) is 0 Å². The minimum absolute atomic E-state index is 0.164. The molecular formula is C11H17BrN4O. The average Bonchev–Trinajstić information content (AvgIpc) is 2.31. The SMILES string of the molecule is NC1CCCC(CNc2nc[nH]c(=O)c2Br)C1. The van der Waals surface area contributed by atoms with Crippen LogP contribution in [0.1, 0.15) is 25.7 Å². The van der Waals surface area contributed by atoms with Crippen molar-refractivity contribution in [3.63, 3.8) is 0 Å². The van der Waals surface area contributed by atoms with Crippen molar-refractivity contribution in [3.8, 4) is 0 Å². The number of hydrogen-bond acceptors (Lipinski definition) is 4. The maximum atomic E-state index is 11.3. The molecule has 1 saturated carbocycles. The van der Waals surface area contributed by atoms with Crippen LogP contribution in [0.3, 0.4) is 0 Å². The van der Waals surface area contributed by atoms with Gasteiger partial charge in [0, 0.05) is 12.6 Å². The number of anilines is 1. The van der Waals surface area contributed by atoms with Crippen molar-refractivity contribution in [3.05, 3.63) is 21.2 Å². The topological polar surface area (TPSA) is 83.8 Å². The van der Waals surface area contributed by atoms with Gasteiger partial charge in [0.1, 0.15) is 10.3 Å². The molecule has 1 aliphatic rings. The second kappa shape index (κ2) is 5.64. The molecule has 1 heterocycles. The van der Waals surface area contributed by atoms with E-state index in [0.717, 1.165) is 19.4 Å². The molecule has 0 amide bonds. The van der Waals surface area contributed by atoms with Gasteiger partial charge in [-0.05, 0) is 41.1 Å². The number of nitrogens with zero attached hydrogens (tertiary/aromatic N) is 1. The van der Waals surface area contributed by atoms with E-state index in [1.165, 1.54) is 19.2 Å². The standard InChI is InChI=1S/C11H17BrN4O/c12-9-10(15-6-16-11(9)17)14-5-7-2-1-3-8(13)4-7/h6-8H,1-5,13H2,(H2,14,15,16,17). The second-order valence-electron chi connectivity index (χ2n) is 4.57. The summed E-state index contributed by atoms with van der Waals surface area (Å²) >= 11 is 3.22. The molecule has 17 heavy (non-hydrogen) atoms. The number of nitrogens with two attached hydrogens (primary N) is 1. The Morgan fingerprint density at radius 2 is 2.41 bits per heavy atom. The predicted octanol–water partition coefficient (Wildman–Crippen LogP) is 1.46. The first-order valence-corrected chi connectivity index (χ1v) is 6.68. The molecular weight excluding hydrogens is 284 g/mol. The maximum absolute atomic E-state index is 11.3. The summed E-state index contributed by atoms with van der Waals surface area (Å²) < 4.78 is 0.458. The Bertz CT molecular complexity index is 434. The highest BCUT2D eigenvalue weighted by Gasteiger charge is 2.19. The van der Waals surface area contributed by atoms with E-state index in [0.29, 0.717) is 22.3 Å². The van der Waals surface area contributed by atoms with E-state index >= 15 is 0 Å². The molecule has 2 atom stereocenters. The molecule has 0 aliphatic heterocycles. The van der Waals surface area contributed by atoms with Crippen LogP contribution in [0.5, 0.6) is 0 Å². The molecule has 5 nitrogen and oxygen atoms in total. The summed E-state index contributed by atoms with van der Waals surface area (Å²) in [5.41, 5.74) is 5.78. The zero-order valence-electron chi connectivity index (χ0n) is 9.58. The summed E-state index contributed by atoms with van der Waals surface area (Å²) in [4.78, 5) is 17.9. The highest BCUT2D eigenvalue weighted by molar-refractivity contribution is 9.10. The van der Waals surface area contributed by atoms with Crippen molar-refractivity contribution in [2.45, 2.75) is 31.7 Å². The molecule has 0 aromatic carbocycles. The molecule has 0 radical (unpaired) electrons. The third kappa shape index (κ3) is 3.29. The van der Waals surface area contributed by atoms with Crippen molar-refractivity contribution in [2.24, 2.45) is 11.7 Å². The van der Waals surface area contributed by atoms with Gasteiger partial charge in [-0.1, -0.05) is 6.42 Å². The fourth-order valence-corrected chi connectivity index (χ4v) is 2.62. The largest absolute Gasteiger partial charge is 0.369 e. The van der Waals surface area contributed by atoms with Crippen LogP contribution < -0.4 is 16.6 Å². The molecule has 6 heteroatoms. The lowest BCUT2D eigenvalue weighted by atomic mass is 9.86. The van der Waals surface area contributed by atoms with E-state index in [4.69, 9.17) is 5.73 Å². The van der Waals surface area contributed by atoms with Crippen molar-refractivity contribution >= 4 is 21.7 Å². The van der Waals surface area contributed by atoms with E-state index in [1.807, 2.05) is 0 Å². The van der Waals surface area contributed by atoms with Crippen LogP contribution >= 0.6 is 15.9 Å². The number of rotatable bonds is 3.